The van der Waals surface area contributed by atoms with Gasteiger partial charge in [-0.1, -0.05) is 0 Å². The van der Waals surface area contributed by atoms with Gasteiger partial charge in [-0.25, -0.2) is 9.18 Å². The summed E-state index contributed by atoms with van der Waals surface area (Å²) in [5.74, 6) is -1.26. The average Bonchev–Trinajstić information content (AvgIpc) is 3.39. The van der Waals surface area contributed by atoms with E-state index in [2.05, 4.69) is 20.5 Å². The van der Waals surface area contributed by atoms with Crippen molar-refractivity contribution in [3.63, 3.8) is 0 Å². The van der Waals surface area contributed by atoms with E-state index in [1.54, 1.807) is 22.8 Å². The van der Waals surface area contributed by atoms with Crippen LogP contribution in [0.5, 0.6) is 0 Å². The van der Waals surface area contributed by atoms with Crippen LogP contribution in [0.15, 0.2) is 45.7 Å². The molecule has 1 aromatic carbocycles. The first-order chi connectivity index (χ1) is 15.5. The van der Waals surface area contributed by atoms with Crippen molar-refractivity contribution < 1.29 is 17.6 Å². The highest BCUT2D eigenvalue weighted by molar-refractivity contribution is 5.76. The molecule has 4 heterocycles. The van der Waals surface area contributed by atoms with Crippen LogP contribution >= 0.6 is 0 Å². The van der Waals surface area contributed by atoms with Gasteiger partial charge in [-0.05, 0) is 56.3 Å². The van der Waals surface area contributed by atoms with E-state index >= 15 is 0 Å². The number of nitrogens with zero attached hydrogens (tertiary/aromatic N) is 5. The third-order valence-corrected chi connectivity index (χ3v) is 5.62. The third-order valence-electron chi connectivity index (χ3n) is 5.62. The van der Waals surface area contributed by atoms with Gasteiger partial charge in [0.15, 0.2) is 0 Å². The van der Waals surface area contributed by atoms with Crippen molar-refractivity contribution in [1.82, 2.24) is 29.6 Å². The highest BCUT2D eigenvalue weighted by Gasteiger charge is 2.23. The number of nitrogens with one attached hydrogen (secondary N) is 1. The number of pyridine rings is 1. The molecule has 0 saturated carbocycles. The Morgan fingerprint density at radius 1 is 1.12 bits per heavy atom. The molecule has 166 valence electrons. The van der Waals surface area contributed by atoms with Gasteiger partial charge < -0.3 is 9.73 Å². The van der Waals surface area contributed by atoms with Gasteiger partial charge in [-0.3, -0.25) is 14.1 Å². The molecule has 0 spiro atoms. The van der Waals surface area contributed by atoms with Crippen molar-refractivity contribution in [2.45, 2.75) is 31.9 Å². The number of imidazole rings is 1. The Bertz CT molecular complexity index is 1310. The Kier molecular flexibility index (Phi) is 5.25. The van der Waals surface area contributed by atoms with Crippen molar-refractivity contribution in [2.75, 3.05) is 13.1 Å². The summed E-state index contributed by atoms with van der Waals surface area (Å²) in [6, 6.07) is 7.62. The van der Waals surface area contributed by atoms with Crippen molar-refractivity contribution in [3.05, 3.63) is 64.4 Å². The van der Waals surface area contributed by atoms with Crippen molar-refractivity contribution in [3.8, 4) is 11.5 Å². The molecule has 1 aliphatic rings. The standard InChI is InChI=1S/C21H19F3N6O2/c22-13-2-4-16-17(9-13)29(21(31)30(16)15-5-7-25-8-6-15)11-14-3-1-12(10-26-14)19-27-28-20(32-19)18(23)24/h1-4,9-10,15,18,25H,5-8,11H2. The molecule has 5 rings (SSSR count). The number of halogens is 3. The normalized spacial score (nSPS) is 15.1. The number of piperidine rings is 1. The van der Waals surface area contributed by atoms with Gasteiger partial charge in [0.25, 0.3) is 5.89 Å². The first-order valence-electron chi connectivity index (χ1n) is 10.2. The van der Waals surface area contributed by atoms with Crippen molar-refractivity contribution in [1.29, 1.82) is 0 Å². The van der Waals surface area contributed by atoms with Crippen LogP contribution in [-0.4, -0.2) is 37.4 Å². The van der Waals surface area contributed by atoms with E-state index in [0.717, 1.165) is 25.9 Å². The summed E-state index contributed by atoms with van der Waals surface area (Å²) in [6.45, 7) is 1.76. The van der Waals surface area contributed by atoms with Gasteiger partial charge >= 0.3 is 12.1 Å². The second kappa shape index (κ2) is 8.23. The monoisotopic (exact) mass is 444 g/mol. The van der Waals surface area contributed by atoms with Gasteiger partial charge in [-0.2, -0.15) is 8.78 Å². The zero-order valence-corrected chi connectivity index (χ0v) is 16.8. The molecular weight excluding hydrogens is 425 g/mol. The largest absolute Gasteiger partial charge is 0.415 e. The van der Waals surface area contributed by atoms with Crippen LogP contribution in [0.25, 0.3) is 22.5 Å². The van der Waals surface area contributed by atoms with Crippen LogP contribution in [0.4, 0.5) is 13.2 Å². The molecule has 8 nitrogen and oxygen atoms in total. The maximum atomic E-state index is 14.0. The molecule has 0 bridgehead atoms. The highest BCUT2D eigenvalue weighted by atomic mass is 19.3. The molecule has 0 aliphatic carbocycles. The van der Waals surface area contributed by atoms with Gasteiger partial charge in [0.1, 0.15) is 5.82 Å². The number of aromatic nitrogens is 5. The van der Waals surface area contributed by atoms with Crippen LogP contribution in [0.1, 0.15) is 36.9 Å². The van der Waals surface area contributed by atoms with E-state index < -0.39 is 18.1 Å². The molecule has 1 saturated heterocycles. The lowest BCUT2D eigenvalue weighted by Crippen LogP contribution is -2.35. The zero-order valence-electron chi connectivity index (χ0n) is 16.8. The summed E-state index contributed by atoms with van der Waals surface area (Å²) in [6.07, 6.45) is 0.186. The average molecular weight is 444 g/mol. The fraction of sp³-hybridized carbons (Fsp3) is 0.333. The lowest BCUT2D eigenvalue weighted by Gasteiger charge is -2.23. The fourth-order valence-corrected chi connectivity index (χ4v) is 4.07. The topological polar surface area (TPSA) is 90.8 Å². The summed E-state index contributed by atoms with van der Waals surface area (Å²) in [5, 5.41) is 10.2. The Hall–Kier alpha value is -3.47. The van der Waals surface area contributed by atoms with Gasteiger partial charge in [0, 0.05) is 12.2 Å². The summed E-state index contributed by atoms with van der Waals surface area (Å²) < 4.78 is 47.5. The minimum atomic E-state index is -2.85. The Morgan fingerprint density at radius 2 is 1.94 bits per heavy atom. The highest BCUT2D eigenvalue weighted by Crippen LogP contribution is 2.25. The van der Waals surface area contributed by atoms with Gasteiger partial charge in [0.2, 0.25) is 5.89 Å². The molecule has 0 radical (unpaired) electrons. The molecule has 0 atom stereocenters. The van der Waals surface area contributed by atoms with Crippen LogP contribution in [0.2, 0.25) is 0 Å². The molecule has 0 unspecified atom stereocenters. The minimum Gasteiger partial charge on any atom is -0.415 e. The van der Waals surface area contributed by atoms with Crippen LogP contribution in [0.3, 0.4) is 0 Å². The molecule has 3 aromatic heterocycles. The van der Waals surface area contributed by atoms with E-state index in [4.69, 9.17) is 4.42 Å². The summed E-state index contributed by atoms with van der Waals surface area (Å²) >= 11 is 0. The Morgan fingerprint density at radius 3 is 2.62 bits per heavy atom. The fourth-order valence-electron chi connectivity index (χ4n) is 4.07. The minimum absolute atomic E-state index is 0.0369. The van der Waals surface area contributed by atoms with E-state index in [9.17, 15) is 18.0 Å². The summed E-state index contributed by atoms with van der Waals surface area (Å²) in [4.78, 5) is 17.6. The molecule has 1 N–H and O–H groups in total. The molecule has 11 heteroatoms. The van der Waals surface area contributed by atoms with Crippen LogP contribution in [0, 0.1) is 5.82 Å². The molecule has 32 heavy (non-hydrogen) atoms. The number of alkyl halides is 2. The molecule has 4 aromatic rings. The molecular formula is C21H19F3N6O2. The molecule has 1 fully saturated rings. The second-order valence-electron chi connectivity index (χ2n) is 7.64. The van der Waals surface area contributed by atoms with E-state index in [-0.39, 0.29) is 24.2 Å². The quantitative estimate of drug-likeness (QED) is 0.508. The maximum absolute atomic E-state index is 14.0. The second-order valence-corrected chi connectivity index (χ2v) is 7.64. The van der Waals surface area contributed by atoms with E-state index in [0.29, 0.717) is 22.3 Å². The zero-order chi connectivity index (χ0) is 22.2. The lowest BCUT2D eigenvalue weighted by molar-refractivity contribution is 0.116. The number of hydrogen-bond donors (Lipinski definition) is 1. The smallest absolute Gasteiger partial charge is 0.329 e. The summed E-state index contributed by atoms with van der Waals surface area (Å²) in [5.41, 5.74) is 1.88. The third kappa shape index (κ3) is 3.68. The lowest BCUT2D eigenvalue weighted by atomic mass is 10.1. The van der Waals surface area contributed by atoms with Gasteiger partial charge in [0.05, 0.1) is 28.8 Å². The van der Waals surface area contributed by atoms with Crippen molar-refractivity contribution >= 4 is 11.0 Å². The summed E-state index contributed by atoms with van der Waals surface area (Å²) in [7, 11) is 0. The first-order valence-corrected chi connectivity index (χ1v) is 10.2. The Labute approximate surface area is 179 Å². The SMILES string of the molecule is O=c1n(Cc2ccc(-c3nnc(C(F)F)o3)cn2)c2cc(F)ccc2n1C1CCNCC1. The predicted molar refractivity (Wildman–Crippen MR) is 109 cm³/mol. The van der Waals surface area contributed by atoms with E-state index in [1.165, 1.54) is 22.9 Å². The van der Waals surface area contributed by atoms with Crippen LogP contribution < -0.4 is 11.0 Å². The Balaban J connectivity index is 1.49. The van der Waals surface area contributed by atoms with Gasteiger partial charge in [-0.15, -0.1) is 10.2 Å². The number of rotatable bonds is 5. The van der Waals surface area contributed by atoms with E-state index in [1.807, 2.05) is 0 Å². The van der Waals surface area contributed by atoms with Crippen LogP contribution in [-0.2, 0) is 6.54 Å². The first kappa shape index (κ1) is 20.4. The molecule has 1 aliphatic heterocycles. The molecule has 0 amide bonds. The maximum Gasteiger partial charge on any atom is 0.329 e. The number of hydrogen-bond acceptors (Lipinski definition) is 6. The number of benzene rings is 1. The van der Waals surface area contributed by atoms with Crippen molar-refractivity contribution in [2.24, 2.45) is 0 Å². The number of fused-ring (bicyclic) bond motifs is 1. The predicted octanol–water partition coefficient (Wildman–Crippen LogP) is 3.30.